The lowest BCUT2D eigenvalue weighted by atomic mass is 10.1. The van der Waals surface area contributed by atoms with Crippen molar-refractivity contribution < 1.29 is 4.84 Å². The van der Waals surface area contributed by atoms with Crippen LogP contribution in [0.5, 0.6) is 5.75 Å². The molecule has 0 spiro atoms. The van der Waals surface area contributed by atoms with Crippen molar-refractivity contribution in [2.45, 2.75) is 5.38 Å². The Morgan fingerprint density at radius 2 is 1.67 bits per heavy atom. The quantitative estimate of drug-likeness (QED) is 0.655. The Hall–Kier alpha value is -1.22. The summed E-state index contributed by atoms with van der Waals surface area (Å²) in [5.74, 6) is 0.762. The average Bonchev–Trinajstić information content (AvgIpc) is 2.40. The van der Waals surface area contributed by atoms with Gasteiger partial charge in [0.2, 0.25) is 0 Å². The molecule has 1 unspecified atom stereocenters. The Morgan fingerprint density at radius 3 is 2.33 bits per heavy atom. The van der Waals surface area contributed by atoms with Crippen LogP contribution in [0, 0.1) is 0 Å². The molecule has 18 heavy (non-hydrogen) atoms. The molecule has 0 aliphatic rings. The van der Waals surface area contributed by atoms with Crippen molar-refractivity contribution in [2.24, 2.45) is 0 Å². The maximum Gasteiger partial charge on any atom is 0.147 e. The van der Waals surface area contributed by atoms with E-state index in [0.717, 1.165) is 11.3 Å². The highest BCUT2D eigenvalue weighted by atomic mass is 35.5. The summed E-state index contributed by atoms with van der Waals surface area (Å²) in [4.78, 5) is 5.36. The number of hydrogen-bond acceptors (Lipinski definition) is 2. The number of halogens is 2. The number of hydroxylamine groups is 1. The number of benzene rings is 2. The minimum absolute atomic E-state index is 0.161. The number of rotatable bonds is 5. The first-order valence-electron chi connectivity index (χ1n) is 5.60. The van der Waals surface area contributed by atoms with Crippen molar-refractivity contribution in [3.63, 3.8) is 0 Å². The standard InChI is InChI=1S/C14H13Cl2NO/c15-12-8-6-11(7-9-12)14(16)10-17-18-13-4-2-1-3-5-13/h1-9,14,17H,10H2. The first-order chi connectivity index (χ1) is 8.75. The van der Waals surface area contributed by atoms with Gasteiger partial charge < -0.3 is 4.84 Å². The SMILES string of the molecule is Clc1ccc(C(Cl)CNOc2ccccc2)cc1. The summed E-state index contributed by atoms with van der Waals surface area (Å²) in [6.07, 6.45) is 0. The van der Waals surface area contributed by atoms with Crippen LogP contribution in [-0.4, -0.2) is 6.54 Å². The van der Waals surface area contributed by atoms with Gasteiger partial charge in [0.25, 0.3) is 0 Å². The zero-order valence-electron chi connectivity index (χ0n) is 9.64. The molecule has 0 radical (unpaired) electrons. The molecular formula is C14H13Cl2NO. The van der Waals surface area contributed by atoms with E-state index in [1.165, 1.54) is 0 Å². The second-order valence-corrected chi connectivity index (χ2v) is 4.75. The van der Waals surface area contributed by atoms with Gasteiger partial charge in [-0.15, -0.1) is 11.6 Å². The Balaban J connectivity index is 1.81. The van der Waals surface area contributed by atoms with E-state index in [2.05, 4.69) is 5.48 Å². The molecule has 2 aromatic carbocycles. The molecule has 0 amide bonds. The third-order valence-corrected chi connectivity index (χ3v) is 3.09. The molecule has 0 aliphatic heterocycles. The maximum atomic E-state index is 6.24. The molecule has 0 bridgehead atoms. The Kier molecular flexibility index (Phi) is 4.88. The van der Waals surface area contributed by atoms with Crippen molar-refractivity contribution >= 4 is 23.2 Å². The fraction of sp³-hybridized carbons (Fsp3) is 0.143. The lowest BCUT2D eigenvalue weighted by Crippen LogP contribution is -2.22. The first-order valence-corrected chi connectivity index (χ1v) is 6.41. The van der Waals surface area contributed by atoms with E-state index >= 15 is 0 Å². The average molecular weight is 282 g/mol. The molecule has 1 atom stereocenters. The number of para-hydroxylation sites is 1. The van der Waals surface area contributed by atoms with Crippen molar-refractivity contribution in [1.82, 2.24) is 5.48 Å². The fourth-order valence-electron chi connectivity index (χ4n) is 1.48. The molecule has 94 valence electrons. The van der Waals surface area contributed by atoms with E-state index in [9.17, 15) is 0 Å². The van der Waals surface area contributed by atoms with Crippen molar-refractivity contribution in [2.75, 3.05) is 6.54 Å². The van der Waals surface area contributed by atoms with E-state index in [1.54, 1.807) is 0 Å². The van der Waals surface area contributed by atoms with Crippen LogP contribution in [-0.2, 0) is 0 Å². The van der Waals surface area contributed by atoms with Gasteiger partial charge in [0.15, 0.2) is 0 Å². The fourth-order valence-corrected chi connectivity index (χ4v) is 1.81. The monoisotopic (exact) mass is 281 g/mol. The third-order valence-electron chi connectivity index (χ3n) is 2.43. The molecule has 2 rings (SSSR count). The highest BCUT2D eigenvalue weighted by Crippen LogP contribution is 2.21. The van der Waals surface area contributed by atoms with Gasteiger partial charge in [-0.3, -0.25) is 0 Å². The molecule has 0 aliphatic carbocycles. The molecule has 2 nitrogen and oxygen atoms in total. The van der Waals surface area contributed by atoms with Crippen LogP contribution in [0.15, 0.2) is 54.6 Å². The van der Waals surface area contributed by atoms with E-state index in [1.807, 2.05) is 54.6 Å². The summed E-state index contributed by atoms with van der Waals surface area (Å²) in [7, 11) is 0. The van der Waals surface area contributed by atoms with Crippen molar-refractivity contribution in [3.8, 4) is 5.75 Å². The van der Waals surface area contributed by atoms with Gasteiger partial charge in [-0.25, -0.2) is 0 Å². The molecular weight excluding hydrogens is 269 g/mol. The Morgan fingerprint density at radius 1 is 1.00 bits per heavy atom. The van der Waals surface area contributed by atoms with Gasteiger partial charge in [0.05, 0.1) is 11.9 Å². The van der Waals surface area contributed by atoms with Crippen LogP contribution < -0.4 is 10.3 Å². The molecule has 0 fully saturated rings. The summed E-state index contributed by atoms with van der Waals surface area (Å²) in [5.41, 5.74) is 3.85. The predicted octanol–water partition coefficient (Wildman–Crippen LogP) is 4.20. The topological polar surface area (TPSA) is 21.3 Å². The van der Waals surface area contributed by atoms with Gasteiger partial charge in [-0.05, 0) is 29.8 Å². The van der Waals surface area contributed by atoms with Gasteiger partial charge >= 0.3 is 0 Å². The highest BCUT2D eigenvalue weighted by molar-refractivity contribution is 6.30. The van der Waals surface area contributed by atoms with E-state index < -0.39 is 0 Å². The zero-order valence-corrected chi connectivity index (χ0v) is 11.2. The Labute approximate surface area is 116 Å². The summed E-state index contributed by atoms with van der Waals surface area (Å²) < 4.78 is 0. The van der Waals surface area contributed by atoms with Gasteiger partial charge in [0, 0.05) is 5.02 Å². The van der Waals surface area contributed by atoms with Crippen molar-refractivity contribution in [1.29, 1.82) is 0 Å². The van der Waals surface area contributed by atoms with Crippen LogP contribution in [0.3, 0.4) is 0 Å². The molecule has 2 aromatic rings. The van der Waals surface area contributed by atoms with Crippen molar-refractivity contribution in [3.05, 3.63) is 65.2 Å². The van der Waals surface area contributed by atoms with E-state index in [4.69, 9.17) is 28.0 Å². The molecule has 0 aromatic heterocycles. The third kappa shape index (κ3) is 3.91. The number of alkyl halides is 1. The lowest BCUT2D eigenvalue weighted by molar-refractivity contribution is 0.196. The summed E-state index contributed by atoms with van der Waals surface area (Å²) in [6.45, 7) is 0.512. The van der Waals surface area contributed by atoms with Crippen LogP contribution >= 0.6 is 23.2 Å². The summed E-state index contributed by atoms with van der Waals surface area (Å²) >= 11 is 12.1. The second-order valence-electron chi connectivity index (χ2n) is 3.78. The Bertz CT molecular complexity index is 473. The number of hydrogen-bond donors (Lipinski definition) is 1. The summed E-state index contributed by atoms with van der Waals surface area (Å²) in [6, 6.07) is 17.0. The van der Waals surface area contributed by atoms with Crippen LogP contribution in [0.25, 0.3) is 0 Å². The van der Waals surface area contributed by atoms with Crippen LogP contribution in [0.4, 0.5) is 0 Å². The number of nitrogens with one attached hydrogen (secondary N) is 1. The minimum atomic E-state index is -0.161. The van der Waals surface area contributed by atoms with E-state index in [-0.39, 0.29) is 5.38 Å². The molecule has 0 saturated heterocycles. The van der Waals surface area contributed by atoms with Crippen LogP contribution in [0.1, 0.15) is 10.9 Å². The maximum absolute atomic E-state index is 6.24. The molecule has 0 heterocycles. The minimum Gasteiger partial charge on any atom is -0.409 e. The summed E-state index contributed by atoms with van der Waals surface area (Å²) in [5, 5.41) is 0.544. The zero-order chi connectivity index (χ0) is 12.8. The second kappa shape index (κ2) is 6.64. The van der Waals surface area contributed by atoms with Gasteiger partial charge in [0.1, 0.15) is 5.75 Å². The molecule has 1 N–H and O–H groups in total. The normalized spacial score (nSPS) is 12.1. The largest absolute Gasteiger partial charge is 0.409 e. The lowest BCUT2D eigenvalue weighted by Gasteiger charge is -2.12. The van der Waals surface area contributed by atoms with Gasteiger partial charge in [-0.2, -0.15) is 5.48 Å². The molecule has 4 heteroatoms. The first kappa shape index (κ1) is 13.2. The smallest absolute Gasteiger partial charge is 0.147 e. The van der Waals surface area contributed by atoms with E-state index in [0.29, 0.717) is 11.6 Å². The predicted molar refractivity (Wildman–Crippen MR) is 75.1 cm³/mol. The highest BCUT2D eigenvalue weighted by Gasteiger charge is 2.07. The van der Waals surface area contributed by atoms with Crippen LogP contribution in [0.2, 0.25) is 5.02 Å². The molecule has 0 saturated carbocycles. The van der Waals surface area contributed by atoms with Gasteiger partial charge in [-0.1, -0.05) is 41.9 Å².